The predicted molar refractivity (Wildman–Crippen MR) is 113 cm³/mol. The third-order valence-corrected chi connectivity index (χ3v) is 4.75. The molecule has 6 nitrogen and oxygen atoms in total. The highest BCUT2D eigenvalue weighted by Crippen LogP contribution is 2.47. The Balaban J connectivity index is 0.00000312. The molecule has 25 heavy (non-hydrogen) atoms. The van der Waals surface area contributed by atoms with Crippen LogP contribution in [0, 0.1) is 5.41 Å². The maximum absolute atomic E-state index is 11.6. The Morgan fingerprint density at radius 2 is 1.96 bits per heavy atom. The van der Waals surface area contributed by atoms with Crippen LogP contribution in [-0.4, -0.2) is 55.3 Å². The van der Waals surface area contributed by atoms with E-state index >= 15 is 0 Å². The summed E-state index contributed by atoms with van der Waals surface area (Å²) in [5.74, 6) is 1.03. The SMILES string of the molecule is CCNC(=NCCCNC(=O)OC(C)(C)C)N1CCC2(CCC2)C1.I. The van der Waals surface area contributed by atoms with Gasteiger partial charge in [0.1, 0.15) is 5.60 Å². The minimum atomic E-state index is -0.451. The Bertz CT molecular complexity index is 458. The fourth-order valence-corrected chi connectivity index (χ4v) is 3.40. The molecule has 0 atom stereocenters. The second kappa shape index (κ2) is 9.83. The van der Waals surface area contributed by atoms with Crippen LogP contribution in [0.4, 0.5) is 4.79 Å². The summed E-state index contributed by atoms with van der Waals surface area (Å²) in [7, 11) is 0. The molecular weight excluding hydrogens is 431 g/mol. The molecule has 0 radical (unpaired) electrons. The number of nitrogens with zero attached hydrogens (tertiary/aromatic N) is 2. The molecule has 0 aromatic heterocycles. The lowest BCUT2D eigenvalue weighted by molar-refractivity contribution is 0.0527. The van der Waals surface area contributed by atoms with Crippen LogP contribution in [0.1, 0.15) is 59.8 Å². The zero-order valence-corrected chi connectivity index (χ0v) is 18.5. The Hall–Kier alpha value is -0.730. The fourth-order valence-electron chi connectivity index (χ4n) is 3.40. The first-order chi connectivity index (χ1) is 11.3. The lowest BCUT2D eigenvalue weighted by Crippen LogP contribution is -2.42. The minimum Gasteiger partial charge on any atom is -0.444 e. The van der Waals surface area contributed by atoms with Crippen LogP contribution >= 0.6 is 24.0 Å². The summed E-state index contributed by atoms with van der Waals surface area (Å²) in [6.45, 7) is 12.1. The van der Waals surface area contributed by atoms with Crippen molar-refractivity contribution in [1.29, 1.82) is 0 Å². The van der Waals surface area contributed by atoms with Gasteiger partial charge in [-0.25, -0.2) is 4.79 Å². The van der Waals surface area contributed by atoms with Crippen LogP contribution in [0.15, 0.2) is 4.99 Å². The van der Waals surface area contributed by atoms with E-state index in [9.17, 15) is 4.79 Å². The number of aliphatic imine (C=N–C) groups is 1. The maximum atomic E-state index is 11.6. The fraction of sp³-hybridized carbons (Fsp3) is 0.889. The first-order valence-electron chi connectivity index (χ1n) is 9.34. The minimum absolute atomic E-state index is 0. The van der Waals surface area contributed by atoms with E-state index in [4.69, 9.17) is 9.73 Å². The number of ether oxygens (including phenoxy) is 1. The normalized spacial score (nSPS) is 19.2. The van der Waals surface area contributed by atoms with Gasteiger partial charge in [0.25, 0.3) is 0 Å². The Labute approximate surface area is 169 Å². The summed E-state index contributed by atoms with van der Waals surface area (Å²) in [5, 5.41) is 6.19. The maximum Gasteiger partial charge on any atom is 0.407 e. The summed E-state index contributed by atoms with van der Waals surface area (Å²) < 4.78 is 5.22. The van der Waals surface area contributed by atoms with Crippen LogP contribution in [0.5, 0.6) is 0 Å². The Morgan fingerprint density at radius 1 is 1.24 bits per heavy atom. The number of halogens is 1. The van der Waals surface area contributed by atoms with Gasteiger partial charge in [-0.1, -0.05) is 6.42 Å². The molecule has 1 heterocycles. The van der Waals surface area contributed by atoms with Crippen molar-refractivity contribution in [3.63, 3.8) is 0 Å². The van der Waals surface area contributed by atoms with Gasteiger partial charge in [-0.2, -0.15) is 0 Å². The van der Waals surface area contributed by atoms with Gasteiger partial charge in [0.2, 0.25) is 0 Å². The number of rotatable bonds is 5. The third kappa shape index (κ3) is 7.19. The van der Waals surface area contributed by atoms with Gasteiger partial charge in [-0.3, -0.25) is 4.99 Å². The average Bonchev–Trinajstić information content (AvgIpc) is 2.89. The van der Waals surface area contributed by atoms with E-state index in [0.29, 0.717) is 18.5 Å². The van der Waals surface area contributed by atoms with E-state index in [1.807, 2.05) is 20.8 Å². The largest absolute Gasteiger partial charge is 0.444 e. The van der Waals surface area contributed by atoms with E-state index in [0.717, 1.165) is 32.0 Å². The molecule has 1 amide bonds. The number of hydrogen-bond donors (Lipinski definition) is 2. The van der Waals surface area contributed by atoms with E-state index < -0.39 is 5.60 Å². The van der Waals surface area contributed by atoms with Crippen molar-refractivity contribution in [3.8, 4) is 0 Å². The van der Waals surface area contributed by atoms with E-state index in [1.54, 1.807) is 0 Å². The number of guanidine groups is 1. The molecule has 1 saturated heterocycles. The van der Waals surface area contributed by atoms with Crippen molar-refractivity contribution < 1.29 is 9.53 Å². The van der Waals surface area contributed by atoms with Crippen molar-refractivity contribution in [2.45, 2.75) is 65.4 Å². The van der Waals surface area contributed by atoms with E-state index in [1.165, 1.54) is 25.7 Å². The van der Waals surface area contributed by atoms with Crippen molar-refractivity contribution in [1.82, 2.24) is 15.5 Å². The molecule has 1 spiro atoms. The van der Waals surface area contributed by atoms with Crippen molar-refractivity contribution in [3.05, 3.63) is 0 Å². The standard InChI is InChI=1S/C18H34N4O2.HI/c1-5-19-15(22-13-10-18(14-22)8-6-9-18)20-11-7-12-21-16(23)24-17(2,3)4;/h5-14H2,1-4H3,(H,19,20)(H,21,23);1H. The monoisotopic (exact) mass is 466 g/mol. The number of amides is 1. The molecule has 0 aromatic rings. The zero-order valence-electron chi connectivity index (χ0n) is 16.2. The Morgan fingerprint density at radius 3 is 2.48 bits per heavy atom. The second-order valence-corrected chi connectivity index (χ2v) is 8.04. The number of carbonyl (C=O) groups is 1. The molecular formula is C18H35IN4O2. The number of likely N-dealkylation sites (tertiary alicyclic amines) is 1. The van der Waals surface area contributed by atoms with Crippen LogP contribution < -0.4 is 10.6 Å². The Kier molecular flexibility index (Phi) is 8.77. The lowest BCUT2D eigenvalue weighted by atomic mass is 9.68. The zero-order chi connectivity index (χ0) is 17.6. The van der Waals surface area contributed by atoms with Gasteiger partial charge in [-0.15, -0.1) is 24.0 Å². The summed E-state index contributed by atoms with van der Waals surface area (Å²) in [6, 6.07) is 0. The van der Waals surface area contributed by atoms with Crippen LogP contribution in [-0.2, 0) is 4.74 Å². The first-order valence-corrected chi connectivity index (χ1v) is 9.34. The molecule has 2 aliphatic rings. The van der Waals surface area contributed by atoms with Crippen molar-refractivity contribution in [2.24, 2.45) is 10.4 Å². The highest BCUT2D eigenvalue weighted by molar-refractivity contribution is 14.0. The molecule has 2 rings (SSSR count). The summed E-state index contributed by atoms with van der Waals surface area (Å²) in [4.78, 5) is 18.7. The molecule has 0 bridgehead atoms. The number of alkyl carbamates (subject to hydrolysis) is 1. The first kappa shape index (κ1) is 22.3. The number of hydrogen-bond acceptors (Lipinski definition) is 3. The van der Waals surface area contributed by atoms with Crippen LogP contribution in [0.3, 0.4) is 0 Å². The molecule has 2 N–H and O–H groups in total. The average molecular weight is 466 g/mol. The topological polar surface area (TPSA) is 66.0 Å². The van der Waals surface area contributed by atoms with Crippen LogP contribution in [0.25, 0.3) is 0 Å². The van der Waals surface area contributed by atoms with Gasteiger partial charge >= 0.3 is 6.09 Å². The summed E-state index contributed by atoms with van der Waals surface area (Å²) in [5.41, 5.74) is 0.127. The van der Waals surface area contributed by atoms with Gasteiger partial charge < -0.3 is 20.3 Å². The molecule has 0 unspecified atom stereocenters. The van der Waals surface area contributed by atoms with Crippen LogP contribution in [0.2, 0.25) is 0 Å². The number of carbonyl (C=O) groups excluding carboxylic acids is 1. The summed E-state index contributed by atoms with van der Waals surface area (Å²) in [6.07, 6.45) is 5.90. The van der Waals surface area contributed by atoms with Crippen molar-refractivity contribution in [2.75, 3.05) is 32.7 Å². The second-order valence-electron chi connectivity index (χ2n) is 8.04. The molecule has 146 valence electrons. The van der Waals surface area contributed by atoms with Gasteiger partial charge in [0.05, 0.1) is 0 Å². The van der Waals surface area contributed by atoms with E-state index in [2.05, 4.69) is 22.5 Å². The quantitative estimate of drug-likeness (QED) is 0.282. The highest BCUT2D eigenvalue weighted by Gasteiger charge is 2.43. The molecule has 2 fully saturated rings. The molecule has 1 aliphatic heterocycles. The van der Waals surface area contributed by atoms with E-state index in [-0.39, 0.29) is 30.1 Å². The molecule has 1 saturated carbocycles. The molecule has 7 heteroatoms. The molecule has 0 aromatic carbocycles. The molecule has 1 aliphatic carbocycles. The van der Waals surface area contributed by atoms with Gasteiger partial charge in [0, 0.05) is 32.7 Å². The predicted octanol–water partition coefficient (Wildman–Crippen LogP) is 3.36. The van der Waals surface area contributed by atoms with Gasteiger partial charge in [0.15, 0.2) is 5.96 Å². The van der Waals surface area contributed by atoms with Crippen molar-refractivity contribution >= 4 is 36.0 Å². The highest BCUT2D eigenvalue weighted by atomic mass is 127. The summed E-state index contributed by atoms with van der Waals surface area (Å²) >= 11 is 0. The lowest BCUT2D eigenvalue weighted by Gasteiger charge is -2.38. The van der Waals surface area contributed by atoms with Gasteiger partial charge in [-0.05, 0) is 58.8 Å². The smallest absolute Gasteiger partial charge is 0.407 e. The number of nitrogens with one attached hydrogen (secondary N) is 2. The third-order valence-electron chi connectivity index (χ3n) is 4.75.